The van der Waals surface area contributed by atoms with Crippen LogP contribution in [0.1, 0.15) is 16.7 Å². The molecular weight excluding hydrogens is 332 g/mol. The summed E-state index contributed by atoms with van der Waals surface area (Å²) in [6.45, 7) is 4.02. The van der Waals surface area contributed by atoms with Crippen molar-refractivity contribution in [3.05, 3.63) is 59.2 Å². The number of ether oxygens (including phenoxy) is 1. The molecule has 2 rings (SSSR count). The number of hydrogen-bond acceptors (Lipinski definition) is 5. The van der Waals surface area contributed by atoms with Crippen LogP contribution in [0.3, 0.4) is 0 Å². The molecule has 2 amide bonds. The molecule has 7 heteroatoms. The summed E-state index contributed by atoms with van der Waals surface area (Å²) in [5.41, 5.74) is 11.5. The molecule has 0 spiro atoms. The summed E-state index contributed by atoms with van der Waals surface area (Å²) in [4.78, 5) is 22.5. The zero-order chi connectivity index (χ0) is 18.9. The molecule has 7 nitrogen and oxygen atoms in total. The fraction of sp³-hybridized carbons (Fsp3) is 0.211. The van der Waals surface area contributed by atoms with Crippen molar-refractivity contribution in [2.24, 2.45) is 10.8 Å². The highest BCUT2D eigenvalue weighted by Crippen LogP contribution is 2.13. The molecule has 0 saturated carbocycles. The fourth-order valence-electron chi connectivity index (χ4n) is 2.06. The molecule has 2 aromatic carbocycles. The Balaban J connectivity index is 1.77. The molecule has 0 saturated heterocycles. The van der Waals surface area contributed by atoms with Crippen LogP contribution in [0.15, 0.2) is 47.6 Å². The van der Waals surface area contributed by atoms with Gasteiger partial charge < -0.3 is 15.8 Å². The number of nitrogens with two attached hydrogens (primary N) is 1. The lowest BCUT2D eigenvalue weighted by molar-refractivity contribution is -0.120. The van der Waals surface area contributed by atoms with E-state index >= 15 is 0 Å². The lowest BCUT2D eigenvalue weighted by atomic mass is 10.1. The molecule has 0 bridgehead atoms. The van der Waals surface area contributed by atoms with Gasteiger partial charge in [0.15, 0.2) is 6.61 Å². The second-order valence-electron chi connectivity index (χ2n) is 5.77. The van der Waals surface area contributed by atoms with E-state index in [9.17, 15) is 9.59 Å². The Morgan fingerprint density at radius 1 is 1.12 bits per heavy atom. The van der Waals surface area contributed by atoms with Gasteiger partial charge in [0, 0.05) is 5.69 Å². The van der Waals surface area contributed by atoms with Crippen LogP contribution in [0.25, 0.3) is 0 Å². The third kappa shape index (κ3) is 6.27. The van der Waals surface area contributed by atoms with Crippen LogP contribution in [-0.2, 0) is 9.59 Å². The summed E-state index contributed by atoms with van der Waals surface area (Å²) < 4.78 is 5.16. The summed E-state index contributed by atoms with van der Waals surface area (Å²) in [6.07, 6.45) is 1.52. The highest BCUT2D eigenvalue weighted by Gasteiger charge is 2.01. The Labute approximate surface area is 152 Å². The Morgan fingerprint density at radius 3 is 2.50 bits per heavy atom. The number of carbonyl (C=O) groups excluding carboxylic acids is 2. The molecule has 0 aliphatic rings. The molecule has 0 radical (unpaired) electrons. The maximum Gasteiger partial charge on any atom is 0.259 e. The van der Waals surface area contributed by atoms with Gasteiger partial charge >= 0.3 is 0 Å². The van der Waals surface area contributed by atoms with Gasteiger partial charge in [-0.2, -0.15) is 5.10 Å². The second-order valence-corrected chi connectivity index (χ2v) is 5.77. The van der Waals surface area contributed by atoms with Gasteiger partial charge in [-0.15, -0.1) is 0 Å². The molecule has 0 aromatic heterocycles. The van der Waals surface area contributed by atoms with E-state index in [0.29, 0.717) is 5.75 Å². The van der Waals surface area contributed by atoms with Crippen molar-refractivity contribution in [2.75, 3.05) is 18.5 Å². The molecule has 0 fully saturated rings. The van der Waals surface area contributed by atoms with Crippen LogP contribution in [0, 0.1) is 13.8 Å². The quantitative estimate of drug-likeness (QED) is 0.496. The van der Waals surface area contributed by atoms with Crippen molar-refractivity contribution in [3.8, 4) is 5.75 Å². The number of amides is 2. The third-order valence-electron chi connectivity index (χ3n) is 3.62. The summed E-state index contributed by atoms with van der Waals surface area (Å²) in [5, 5.41) is 6.96. The van der Waals surface area contributed by atoms with Crippen molar-refractivity contribution in [3.63, 3.8) is 0 Å². The van der Waals surface area contributed by atoms with E-state index in [1.165, 1.54) is 11.8 Å². The van der Waals surface area contributed by atoms with Crippen molar-refractivity contribution < 1.29 is 14.3 Å². The molecule has 0 unspecified atom stereocenters. The van der Waals surface area contributed by atoms with Crippen LogP contribution in [0.5, 0.6) is 5.75 Å². The molecule has 0 heterocycles. The molecule has 0 aliphatic carbocycles. The van der Waals surface area contributed by atoms with Crippen molar-refractivity contribution in [2.45, 2.75) is 13.8 Å². The van der Waals surface area contributed by atoms with Crippen LogP contribution in [0.2, 0.25) is 0 Å². The minimum Gasteiger partial charge on any atom is -0.484 e. The molecule has 26 heavy (non-hydrogen) atoms. The Hall–Kier alpha value is -3.35. The van der Waals surface area contributed by atoms with E-state index in [0.717, 1.165) is 16.8 Å². The highest BCUT2D eigenvalue weighted by molar-refractivity contribution is 5.84. The molecule has 0 aliphatic heterocycles. The number of rotatable bonds is 8. The second kappa shape index (κ2) is 9.22. The summed E-state index contributed by atoms with van der Waals surface area (Å²) >= 11 is 0. The predicted molar refractivity (Wildman–Crippen MR) is 101 cm³/mol. The van der Waals surface area contributed by atoms with Crippen LogP contribution in [-0.4, -0.2) is 31.2 Å². The summed E-state index contributed by atoms with van der Waals surface area (Å²) in [5.74, 6) is -0.253. The van der Waals surface area contributed by atoms with Gasteiger partial charge in [-0.1, -0.05) is 6.07 Å². The first-order chi connectivity index (χ1) is 12.4. The Kier molecular flexibility index (Phi) is 6.73. The fourth-order valence-corrected chi connectivity index (χ4v) is 2.06. The number of hydrogen-bond donors (Lipinski definition) is 3. The van der Waals surface area contributed by atoms with Crippen molar-refractivity contribution in [1.29, 1.82) is 0 Å². The molecule has 4 N–H and O–H groups in total. The maximum absolute atomic E-state index is 11.8. The van der Waals surface area contributed by atoms with Crippen molar-refractivity contribution >= 4 is 23.7 Å². The van der Waals surface area contributed by atoms with E-state index in [1.54, 1.807) is 24.3 Å². The largest absolute Gasteiger partial charge is 0.484 e. The lowest BCUT2D eigenvalue weighted by Gasteiger charge is -2.07. The van der Waals surface area contributed by atoms with Crippen LogP contribution in [0.4, 0.5) is 5.69 Å². The first-order valence-corrected chi connectivity index (χ1v) is 8.08. The molecular formula is C19H22N4O3. The van der Waals surface area contributed by atoms with Gasteiger partial charge in [-0.25, -0.2) is 5.43 Å². The van der Waals surface area contributed by atoms with E-state index in [1.807, 2.05) is 32.0 Å². The minimum absolute atomic E-state index is 0.125. The number of hydrazone groups is 1. The maximum atomic E-state index is 11.8. The number of benzene rings is 2. The number of nitrogens with zero attached hydrogens (tertiary/aromatic N) is 1. The standard InChI is InChI=1S/C19H22N4O3/c1-13-3-6-16(9-14(13)2)21-11-19(25)23-22-10-15-4-7-17(8-5-15)26-12-18(20)24/h3-10,21H,11-12H2,1-2H3,(H2,20,24)(H,23,25)/b22-10-. The normalized spacial score (nSPS) is 10.5. The number of primary amides is 1. The van der Waals surface area contributed by atoms with Gasteiger partial charge in [0.05, 0.1) is 12.8 Å². The van der Waals surface area contributed by atoms with Gasteiger partial charge in [0.2, 0.25) is 0 Å². The lowest BCUT2D eigenvalue weighted by Crippen LogP contribution is -2.25. The Morgan fingerprint density at radius 2 is 1.85 bits per heavy atom. The van der Waals surface area contributed by atoms with E-state index in [-0.39, 0.29) is 19.1 Å². The van der Waals surface area contributed by atoms with Gasteiger partial charge in [0.25, 0.3) is 11.8 Å². The minimum atomic E-state index is -0.534. The zero-order valence-corrected chi connectivity index (χ0v) is 14.8. The average molecular weight is 354 g/mol. The number of aryl methyl sites for hydroxylation is 2. The predicted octanol–water partition coefficient (Wildman–Crippen LogP) is 1.73. The SMILES string of the molecule is Cc1ccc(NCC(=O)N/N=C\c2ccc(OCC(N)=O)cc2)cc1C. The first kappa shape index (κ1) is 19.0. The molecule has 0 atom stereocenters. The van der Waals surface area contributed by atoms with E-state index in [4.69, 9.17) is 10.5 Å². The third-order valence-corrected chi connectivity index (χ3v) is 3.62. The van der Waals surface area contributed by atoms with Crippen LogP contribution >= 0.6 is 0 Å². The highest BCUT2D eigenvalue weighted by atomic mass is 16.5. The summed E-state index contributed by atoms with van der Waals surface area (Å²) in [7, 11) is 0. The van der Waals surface area contributed by atoms with Gasteiger partial charge in [-0.3, -0.25) is 9.59 Å². The van der Waals surface area contributed by atoms with E-state index in [2.05, 4.69) is 15.8 Å². The average Bonchev–Trinajstić information content (AvgIpc) is 2.62. The Bertz CT molecular complexity index is 801. The number of anilines is 1. The number of nitrogens with one attached hydrogen (secondary N) is 2. The first-order valence-electron chi connectivity index (χ1n) is 8.08. The molecule has 2 aromatic rings. The van der Waals surface area contributed by atoms with E-state index < -0.39 is 5.91 Å². The topological polar surface area (TPSA) is 106 Å². The summed E-state index contributed by atoms with van der Waals surface area (Å²) in [6, 6.07) is 12.8. The van der Waals surface area contributed by atoms with Gasteiger partial charge in [0.1, 0.15) is 5.75 Å². The molecule has 136 valence electrons. The van der Waals surface area contributed by atoms with Crippen molar-refractivity contribution in [1.82, 2.24) is 5.43 Å². The van der Waals surface area contributed by atoms with Crippen LogP contribution < -0.4 is 21.2 Å². The zero-order valence-electron chi connectivity index (χ0n) is 14.8. The smallest absolute Gasteiger partial charge is 0.259 e. The monoisotopic (exact) mass is 354 g/mol. The van der Waals surface area contributed by atoms with Gasteiger partial charge in [-0.05, 0) is 66.9 Å². The number of carbonyl (C=O) groups is 2.